The van der Waals surface area contributed by atoms with Crippen LogP contribution in [0.1, 0.15) is 12.8 Å². The Labute approximate surface area is 142 Å². The van der Waals surface area contributed by atoms with Crippen molar-refractivity contribution in [2.45, 2.75) is 25.4 Å². The predicted octanol–water partition coefficient (Wildman–Crippen LogP) is 2.63. The molecule has 1 saturated heterocycles. The third-order valence-corrected chi connectivity index (χ3v) is 3.30. The summed E-state index contributed by atoms with van der Waals surface area (Å²) >= 11 is 1.61. The van der Waals surface area contributed by atoms with Crippen molar-refractivity contribution < 1.29 is 0 Å². The second-order valence-electron chi connectivity index (χ2n) is 4.62. The molecular weight excluding hydrogens is 308 g/mol. The van der Waals surface area contributed by atoms with E-state index in [1.165, 1.54) is 19.4 Å². The molecular formula is C16H24N6S. The lowest BCUT2D eigenvalue weighted by Gasteiger charge is -2.08. The van der Waals surface area contributed by atoms with E-state index < -0.39 is 0 Å². The molecule has 1 atom stereocenters. The maximum Gasteiger partial charge on any atom is 0.0562 e. The molecule has 1 fully saturated rings. The first-order chi connectivity index (χ1) is 11.4. The molecule has 2 aromatic heterocycles. The Balaban J connectivity index is 0.000000189. The minimum atomic E-state index is 0.648. The van der Waals surface area contributed by atoms with E-state index in [1.54, 1.807) is 42.7 Å². The molecule has 1 N–H and O–H groups in total. The van der Waals surface area contributed by atoms with Gasteiger partial charge in [-0.25, -0.2) is 0 Å². The van der Waals surface area contributed by atoms with Gasteiger partial charge in [0.25, 0.3) is 0 Å². The summed E-state index contributed by atoms with van der Waals surface area (Å²) in [5, 5.41) is 9.46. The van der Waals surface area contributed by atoms with Crippen molar-refractivity contribution in [3.05, 3.63) is 54.9 Å². The fraction of sp³-hybridized carbons (Fsp3) is 0.375. The molecule has 0 amide bonds. The summed E-state index contributed by atoms with van der Waals surface area (Å²) in [6.07, 6.45) is 16.6. The maximum absolute atomic E-state index is 4.16. The van der Waals surface area contributed by atoms with E-state index >= 15 is 0 Å². The van der Waals surface area contributed by atoms with E-state index in [-0.39, 0.29) is 0 Å². The number of thioether (sulfide) groups is 1. The molecule has 0 radical (unpaired) electrons. The Bertz CT molecular complexity index is 482. The molecule has 2 aromatic rings. The van der Waals surface area contributed by atoms with Gasteiger partial charge < -0.3 is 5.32 Å². The van der Waals surface area contributed by atoms with Gasteiger partial charge in [-0.3, -0.25) is 19.6 Å². The van der Waals surface area contributed by atoms with Crippen molar-refractivity contribution >= 4 is 18.5 Å². The Kier molecular flexibility index (Phi) is 11.3. The fourth-order valence-electron chi connectivity index (χ4n) is 1.90. The normalized spacial score (nSPS) is 16.1. The van der Waals surface area contributed by atoms with Gasteiger partial charge in [-0.2, -0.15) is 5.10 Å². The highest BCUT2D eigenvalue weighted by Gasteiger charge is 2.13. The second kappa shape index (κ2) is 13.7. The zero-order valence-corrected chi connectivity index (χ0v) is 14.3. The van der Waals surface area contributed by atoms with Crippen LogP contribution in [0.15, 0.2) is 59.8 Å². The standard InChI is InChI=1S/C8H13N3.C4H4N2.C4H7NS/c1-3-8(9-4-1)7-11-6-2-5-10-11;1-2-6-4-3-5-1;1-5-3-4-6-2/h2,5-6,8-9H,1,3-4,7H2;1-4H;3-4H,1H2,2H3/b;;4-3-. The second-order valence-corrected chi connectivity index (χ2v) is 5.36. The average molecular weight is 332 g/mol. The first kappa shape index (κ1) is 19.1. The van der Waals surface area contributed by atoms with Crippen molar-refractivity contribution in [2.24, 2.45) is 4.99 Å². The molecule has 1 aliphatic heterocycles. The third kappa shape index (κ3) is 10.4. The van der Waals surface area contributed by atoms with Crippen molar-refractivity contribution in [3.8, 4) is 0 Å². The van der Waals surface area contributed by atoms with Gasteiger partial charge in [0.2, 0.25) is 0 Å². The van der Waals surface area contributed by atoms with Crippen LogP contribution in [0.5, 0.6) is 0 Å². The quantitative estimate of drug-likeness (QED) is 0.872. The highest BCUT2D eigenvalue weighted by molar-refractivity contribution is 8.01. The lowest BCUT2D eigenvalue weighted by molar-refractivity contribution is 0.476. The van der Waals surface area contributed by atoms with Crippen LogP contribution in [-0.4, -0.2) is 45.3 Å². The van der Waals surface area contributed by atoms with Gasteiger partial charge in [-0.1, -0.05) is 0 Å². The number of hydrogen-bond donors (Lipinski definition) is 1. The Morgan fingerprint density at radius 2 is 2.04 bits per heavy atom. The van der Waals surface area contributed by atoms with Crippen LogP contribution in [0.4, 0.5) is 0 Å². The lowest BCUT2D eigenvalue weighted by Crippen LogP contribution is -2.26. The lowest BCUT2D eigenvalue weighted by atomic mass is 10.2. The van der Waals surface area contributed by atoms with Crippen LogP contribution in [0.3, 0.4) is 0 Å². The van der Waals surface area contributed by atoms with Gasteiger partial charge in [-0.05, 0) is 43.8 Å². The third-order valence-electron chi connectivity index (χ3n) is 2.91. The first-order valence-electron chi connectivity index (χ1n) is 7.41. The SMILES string of the molecule is C=N/C=C\SC.c1cnccn1.c1cnn(CC2CCCN2)c1. The molecule has 3 rings (SSSR count). The summed E-state index contributed by atoms with van der Waals surface area (Å²) in [5.41, 5.74) is 0. The summed E-state index contributed by atoms with van der Waals surface area (Å²) in [6.45, 7) is 5.44. The highest BCUT2D eigenvalue weighted by atomic mass is 32.2. The van der Waals surface area contributed by atoms with E-state index in [2.05, 4.69) is 32.1 Å². The van der Waals surface area contributed by atoms with Gasteiger partial charge in [0.1, 0.15) is 0 Å². The molecule has 3 heterocycles. The van der Waals surface area contributed by atoms with Crippen LogP contribution in [0.2, 0.25) is 0 Å². The van der Waals surface area contributed by atoms with Gasteiger partial charge in [-0.15, -0.1) is 11.8 Å². The smallest absolute Gasteiger partial charge is 0.0562 e. The molecule has 0 spiro atoms. The van der Waals surface area contributed by atoms with E-state index in [0.717, 1.165) is 6.54 Å². The fourth-order valence-corrected chi connectivity index (χ4v) is 2.11. The van der Waals surface area contributed by atoms with Crippen LogP contribution >= 0.6 is 11.8 Å². The van der Waals surface area contributed by atoms with Gasteiger partial charge >= 0.3 is 0 Å². The zero-order chi connectivity index (χ0) is 16.6. The van der Waals surface area contributed by atoms with E-state index in [9.17, 15) is 0 Å². The highest BCUT2D eigenvalue weighted by Crippen LogP contribution is 2.06. The van der Waals surface area contributed by atoms with Crippen molar-refractivity contribution in [1.82, 2.24) is 25.1 Å². The molecule has 0 aromatic carbocycles. The summed E-state index contributed by atoms with van der Waals surface area (Å²) in [5.74, 6) is 0. The Hall–Kier alpha value is -1.99. The minimum absolute atomic E-state index is 0.648. The first-order valence-corrected chi connectivity index (χ1v) is 8.70. The molecule has 6 nitrogen and oxygen atoms in total. The molecule has 1 aliphatic rings. The number of nitrogens with zero attached hydrogens (tertiary/aromatic N) is 5. The van der Waals surface area contributed by atoms with E-state index in [4.69, 9.17) is 0 Å². The monoisotopic (exact) mass is 332 g/mol. The van der Waals surface area contributed by atoms with Crippen LogP contribution < -0.4 is 5.32 Å². The number of nitrogens with one attached hydrogen (secondary N) is 1. The van der Waals surface area contributed by atoms with Gasteiger partial charge in [0, 0.05) is 49.4 Å². The molecule has 0 aliphatic carbocycles. The van der Waals surface area contributed by atoms with Crippen molar-refractivity contribution in [2.75, 3.05) is 12.8 Å². The molecule has 124 valence electrons. The molecule has 23 heavy (non-hydrogen) atoms. The Morgan fingerprint density at radius 3 is 2.43 bits per heavy atom. The maximum atomic E-state index is 4.16. The van der Waals surface area contributed by atoms with Gasteiger partial charge in [0.05, 0.1) is 6.54 Å². The van der Waals surface area contributed by atoms with Gasteiger partial charge in [0.15, 0.2) is 0 Å². The molecule has 1 unspecified atom stereocenters. The Morgan fingerprint density at radius 1 is 1.30 bits per heavy atom. The van der Waals surface area contributed by atoms with Crippen LogP contribution in [-0.2, 0) is 6.54 Å². The minimum Gasteiger partial charge on any atom is -0.312 e. The summed E-state index contributed by atoms with van der Waals surface area (Å²) in [7, 11) is 0. The summed E-state index contributed by atoms with van der Waals surface area (Å²) in [4.78, 5) is 10.9. The van der Waals surface area contributed by atoms with E-state index in [0.29, 0.717) is 6.04 Å². The average Bonchev–Trinajstić information content (AvgIpc) is 3.30. The topological polar surface area (TPSA) is 68.0 Å². The largest absolute Gasteiger partial charge is 0.312 e. The molecule has 0 saturated carbocycles. The van der Waals surface area contributed by atoms with E-state index in [1.807, 2.05) is 34.8 Å². The number of aromatic nitrogens is 4. The number of hydrogen-bond acceptors (Lipinski definition) is 6. The van der Waals surface area contributed by atoms with Crippen molar-refractivity contribution in [1.29, 1.82) is 0 Å². The van der Waals surface area contributed by atoms with Crippen molar-refractivity contribution in [3.63, 3.8) is 0 Å². The molecule has 7 heteroatoms. The van der Waals surface area contributed by atoms with Crippen LogP contribution in [0, 0.1) is 0 Å². The van der Waals surface area contributed by atoms with Crippen LogP contribution in [0.25, 0.3) is 0 Å². The zero-order valence-electron chi connectivity index (χ0n) is 13.5. The molecule has 0 bridgehead atoms. The predicted molar refractivity (Wildman–Crippen MR) is 97.5 cm³/mol. The number of rotatable bonds is 4. The summed E-state index contributed by atoms with van der Waals surface area (Å²) in [6, 6.07) is 2.62. The number of aliphatic imine (C=N–C) groups is 1. The summed E-state index contributed by atoms with van der Waals surface area (Å²) < 4.78 is 1.99.